The molecule has 4 nitrogen and oxygen atoms in total. The molecule has 0 aromatic heterocycles. The topological polar surface area (TPSA) is 54.5 Å². The molecule has 0 aliphatic carbocycles. The van der Waals surface area contributed by atoms with E-state index in [4.69, 9.17) is 0 Å². The van der Waals surface area contributed by atoms with Crippen LogP contribution in [0.25, 0.3) is 0 Å². The number of carbonyl (C=O) groups excluding carboxylic acids is 3. The van der Waals surface area contributed by atoms with Crippen molar-refractivity contribution in [3.63, 3.8) is 0 Å². The maximum Gasteiger partial charge on any atom is 0.237 e. The van der Waals surface area contributed by atoms with Crippen LogP contribution in [0, 0.1) is 18.8 Å². The lowest BCUT2D eigenvalue weighted by molar-refractivity contribution is -0.129. The minimum Gasteiger partial charge on any atom is -0.303 e. The molecule has 0 N–H and O–H groups in total. The maximum atomic E-state index is 12.9. The molecule has 1 aliphatic rings. The molecule has 0 spiro atoms. The monoisotopic (exact) mass is 427 g/mol. The van der Waals surface area contributed by atoms with Crippen molar-refractivity contribution in [3.8, 4) is 0 Å². The standard InChI is InChI=1S/C17H20BrNO3S.C2H6/c1-10-6-14(4-5-15(10)18)19-16(21)7-13(8-20)9-23-12(3)11(2)17(19)22;1-2/h4-6,8,11-13H,7,9H2,1-3H3;1-2H3/t11?,12?,13-;/m0./s1. The van der Waals surface area contributed by atoms with Gasteiger partial charge in [-0.2, -0.15) is 11.8 Å². The highest BCUT2D eigenvalue weighted by molar-refractivity contribution is 9.10. The third-order valence-corrected chi connectivity index (χ3v) is 6.61. The predicted molar refractivity (Wildman–Crippen MR) is 108 cm³/mol. The van der Waals surface area contributed by atoms with Crippen molar-refractivity contribution in [2.45, 2.75) is 46.3 Å². The Morgan fingerprint density at radius 3 is 2.44 bits per heavy atom. The van der Waals surface area contributed by atoms with Crippen molar-refractivity contribution in [2.24, 2.45) is 11.8 Å². The molecule has 1 heterocycles. The lowest BCUT2D eigenvalue weighted by Crippen LogP contribution is -2.42. The molecule has 0 bridgehead atoms. The number of halogens is 1. The van der Waals surface area contributed by atoms with E-state index in [9.17, 15) is 14.4 Å². The summed E-state index contributed by atoms with van der Waals surface area (Å²) in [6.45, 7) is 9.72. The molecule has 6 heteroatoms. The average Bonchev–Trinajstić information content (AvgIpc) is 2.65. The predicted octanol–water partition coefficient (Wildman–Crippen LogP) is 4.62. The summed E-state index contributed by atoms with van der Waals surface area (Å²) < 4.78 is 0.924. The smallest absolute Gasteiger partial charge is 0.237 e. The number of hydrogen-bond donors (Lipinski definition) is 0. The van der Waals surface area contributed by atoms with Crippen LogP contribution in [0.4, 0.5) is 5.69 Å². The van der Waals surface area contributed by atoms with Crippen LogP contribution in [0.1, 0.15) is 39.7 Å². The van der Waals surface area contributed by atoms with Gasteiger partial charge in [0.05, 0.1) is 5.69 Å². The van der Waals surface area contributed by atoms with Gasteiger partial charge in [0.15, 0.2) is 0 Å². The van der Waals surface area contributed by atoms with E-state index in [1.54, 1.807) is 17.8 Å². The third-order valence-electron chi connectivity index (χ3n) is 4.17. The fourth-order valence-electron chi connectivity index (χ4n) is 2.45. The number of hydrogen-bond acceptors (Lipinski definition) is 4. The lowest BCUT2D eigenvalue weighted by atomic mass is 10.0. The number of benzene rings is 1. The van der Waals surface area contributed by atoms with Gasteiger partial charge in [-0.05, 0) is 30.7 Å². The second kappa shape index (κ2) is 10.1. The Kier molecular flexibility index (Phi) is 8.86. The molecular formula is C19H26BrNO3S. The zero-order valence-electron chi connectivity index (χ0n) is 15.4. The molecule has 1 aromatic carbocycles. The average molecular weight is 428 g/mol. The Bertz CT molecular complexity index is 635. The lowest BCUT2D eigenvalue weighted by Gasteiger charge is -2.26. The molecular weight excluding hydrogens is 402 g/mol. The molecule has 0 radical (unpaired) electrons. The van der Waals surface area contributed by atoms with E-state index < -0.39 is 0 Å². The van der Waals surface area contributed by atoms with Crippen LogP contribution in [0.2, 0.25) is 0 Å². The Labute approximate surface area is 162 Å². The molecule has 2 unspecified atom stereocenters. The Morgan fingerprint density at radius 1 is 1.24 bits per heavy atom. The zero-order chi connectivity index (χ0) is 19.1. The van der Waals surface area contributed by atoms with Crippen LogP contribution in [0.15, 0.2) is 22.7 Å². The molecule has 1 fully saturated rings. The minimum absolute atomic E-state index is 0.0508. The molecule has 2 rings (SSSR count). The van der Waals surface area contributed by atoms with Crippen molar-refractivity contribution in [1.29, 1.82) is 0 Å². The van der Waals surface area contributed by atoms with Gasteiger partial charge in [-0.25, -0.2) is 0 Å². The fourth-order valence-corrected chi connectivity index (χ4v) is 3.85. The summed E-state index contributed by atoms with van der Waals surface area (Å²) in [5.74, 6) is -0.592. The van der Waals surface area contributed by atoms with Gasteiger partial charge in [0.25, 0.3) is 0 Å². The first-order chi connectivity index (χ1) is 11.8. The summed E-state index contributed by atoms with van der Waals surface area (Å²) >= 11 is 5.00. The van der Waals surface area contributed by atoms with Crippen LogP contribution >= 0.6 is 27.7 Å². The minimum atomic E-state index is -0.355. The summed E-state index contributed by atoms with van der Waals surface area (Å²) in [5, 5.41) is 0.0508. The Hall–Kier alpha value is -1.14. The largest absolute Gasteiger partial charge is 0.303 e. The first-order valence-corrected chi connectivity index (χ1v) is 10.4. The first kappa shape index (κ1) is 21.9. The Morgan fingerprint density at radius 2 is 1.88 bits per heavy atom. The Balaban J connectivity index is 0.00000151. The summed E-state index contributed by atoms with van der Waals surface area (Å²) in [5.41, 5.74) is 1.52. The first-order valence-electron chi connectivity index (χ1n) is 8.55. The molecule has 0 saturated carbocycles. The number of nitrogens with zero attached hydrogens (tertiary/aromatic N) is 1. The highest BCUT2D eigenvalue weighted by Gasteiger charge is 2.34. The second-order valence-corrected chi connectivity index (χ2v) is 8.19. The SMILES string of the molecule is CC.Cc1cc(N2C(=O)C[C@@H](C=O)CSC(C)C(C)C2=O)ccc1Br. The summed E-state index contributed by atoms with van der Waals surface area (Å²) in [4.78, 5) is 38.0. The van der Waals surface area contributed by atoms with Gasteiger partial charge in [0, 0.05) is 33.7 Å². The van der Waals surface area contributed by atoms with Gasteiger partial charge in [-0.3, -0.25) is 14.5 Å². The maximum absolute atomic E-state index is 12.9. The summed E-state index contributed by atoms with van der Waals surface area (Å²) in [6, 6.07) is 5.40. The van der Waals surface area contributed by atoms with Crippen LogP contribution in [0.3, 0.4) is 0 Å². The van der Waals surface area contributed by atoms with Crippen molar-refractivity contribution in [1.82, 2.24) is 0 Å². The molecule has 1 aromatic rings. The quantitative estimate of drug-likeness (QED) is 0.510. The molecule has 1 aliphatic heterocycles. The van der Waals surface area contributed by atoms with Crippen LogP contribution in [-0.2, 0) is 14.4 Å². The summed E-state index contributed by atoms with van der Waals surface area (Å²) in [7, 11) is 0. The van der Waals surface area contributed by atoms with Crippen molar-refractivity contribution in [3.05, 3.63) is 28.2 Å². The van der Waals surface area contributed by atoms with Gasteiger partial charge in [0.1, 0.15) is 6.29 Å². The number of aryl methyl sites for hydroxylation is 1. The van der Waals surface area contributed by atoms with Crippen molar-refractivity contribution < 1.29 is 14.4 Å². The van der Waals surface area contributed by atoms with Gasteiger partial charge in [-0.15, -0.1) is 0 Å². The van der Waals surface area contributed by atoms with Crippen LogP contribution in [0.5, 0.6) is 0 Å². The number of imide groups is 1. The van der Waals surface area contributed by atoms with Gasteiger partial charge >= 0.3 is 0 Å². The van der Waals surface area contributed by atoms with E-state index in [-0.39, 0.29) is 35.3 Å². The third kappa shape index (κ3) is 5.42. The van der Waals surface area contributed by atoms with Gasteiger partial charge in [0.2, 0.25) is 11.8 Å². The van der Waals surface area contributed by atoms with Crippen LogP contribution in [-0.4, -0.2) is 29.1 Å². The molecule has 1 saturated heterocycles. The van der Waals surface area contributed by atoms with Crippen molar-refractivity contribution >= 4 is 51.5 Å². The number of amides is 2. The van der Waals surface area contributed by atoms with Gasteiger partial charge in [-0.1, -0.05) is 43.6 Å². The molecule has 25 heavy (non-hydrogen) atoms. The fraction of sp³-hybridized carbons (Fsp3) is 0.526. The normalized spacial score (nSPS) is 24.6. The second-order valence-electron chi connectivity index (χ2n) is 5.93. The number of aldehydes is 1. The highest BCUT2D eigenvalue weighted by atomic mass is 79.9. The zero-order valence-corrected chi connectivity index (χ0v) is 17.8. The van der Waals surface area contributed by atoms with Crippen LogP contribution < -0.4 is 4.90 Å². The van der Waals surface area contributed by atoms with Crippen molar-refractivity contribution in [2.75, 3.05) is 10.7 Å². The van der Waals surface area contributed by atoms with E-state index in [1.807, 2.05) is 46.8 Å². The van der Waals surface area contributed by atoms with E-state index in [0.29, 0.717) is 11.4 Å². The number of thioether (sulfide) groups is 1. The van der Waals surface area contributed by atoms with E-state index in [0.717, 1.165) is 16.3 Å². The molecule has 3 atom stereocenters. The number of rotatable bonds is 2. The molecule has 138 valence electrons. The number of carbonyl (C=O) groups is 3. The highest BCUT2D eigenvalue weighted by Crippen LogP contribution is 2.31. The molecule has 2 amide bonds. The van der Waals surface area contributed by atoms with Gasteiger partial charge < -0.3 is 4.79 Å². The van der Waals surface area contributed by atoms with E-state index in [1.165, 1.54) is 4.90 Å². The van der Waals surface area contributed by atoms with E-state index >= 15 is 0 Å². The van der Waals surface area contributed by atoms with E-state index in [2.05, 4.69) is 15.9 Å². The number of anilines is 1. The summed E-state index contributed by atoms with van der Waals surface area (Å²) in [6.07, 6.45) is 0.889.